The van der Waals surface area contributed by atoms with Crippen molar-refractivity contribution < 1.29 is 4.79 Å². The van der Waals surface area contributed by atoms with Gasteiger partial charge in [-0.2, -0.15) is 0 Å². The molecule has 1 unspecified atom stereocenters. The van der Waals surface area contributed by atoms with Gasteiger partial charge < -0.3 is 5.32 Å². The number of carbonyl (C=O) groups excluding carboxylic acids is 1. The fraction of sp³-hybridized carbons (Fsp3) is 0.261. The Labute approximate surface area is 192 Å². The highest BCUT2D eigenvalue weighted by atomic mass is 32.2. The van der Waals surface area contributed by atoms with Gasteiger partial charge in [0.25, 0.3) is 5.56 Å². The lowest BCUT2D eigenvalue weighted by atomic mass is 10.2. The molecule has 0 radical (unpaired) electrons. The number of fused-ring (bicyclic) bond motifs is 3. The Morgan fingerprint density at radius 3 is 2.84 bits per heavy atom. The number of aryl methyl sites for hydroxylation is 2. The summed E-state index contributed by atoms with van der Waals surface area (Å²) in [6.45, 7) is 2.37. The van der Waals surface area contributed by atoms with Gasteiger partial charge in [-0.15, -0.1) is 22.7 Å². The molecule has 8 heteroatoms. The maximum Gasteiger partial charge on any atom is 0.267 e. The van der Waals surface area contributed by atoms with Crippen LogP contribution in [0.15, 0.2) is 57.8 Å². The van der Waals surface area contributed by atoms with Gasteiger partial charge in [-0.1, -0.05) is 36.0 Å². The van der Waals surface area contributed by atoms with Crippen molar-refractivity contribution in [1.82, 2.24) is 14.9 Å². The highest BCUT2D eigenvalue weighted by Crippen LogP contribution is 2.36. The minimum absolute atomic E-state index is 0.0377. The van der Waals surface area contributed by atoms with Gasteiger partial charge in [0.15, 0.2) is 5.16 Å². The Morgan fingerprint density at radius 1 is 1.23 bits per heavy atom. The summed E-state index contributed by atoms with van der Waals surface area (Å²) in [5.74, 6) is -0.0685. The van der Waals surface area contributed by atoms with E-state index in [1.54, 1.807) is 27.2 Å². The topological polar surface area (TPSA) is 64.0 Å². The Bertz CT molecular complexity index is 1290. The molecule has 1 aliphatic rings. The third-order valence-electron chi connectivity index (χ3n) is 5.39. The predicted molar refractivity (Wildman–Crippen MR) is 129 cm³/mol. The minimum atomic E-state index is -0.383. The molecule has 3 heterocycles. The Balaban J connectivity index is 1.51. The second kappa shape index (κ2) is 8.61. The van der Waals surface area contributed by atoms with E-state index in [9.17, 15) is 9.59 Å². The summed E-state index contributed by atoms with van der Waals surface area (Å²) >= 11 is 4.57. The number of thiophene rings is 2. The maximum absolute atomic E-state index is 13.6. The smallest absolute Gasteiger partial charge is 0.267 e. The molecular formula is C23H21N3O2S3. The average Bonchev–Trinajstić information content (AvgIpc) is 3.50. The molecule has 1 N–H and O–H groups in total. The number of aromatic nitrogens is 2. The number of hydrogen-bond donors (Lipinski definition) is 1. The Hall–Kier alpha value is -2.42. The van der Waals surface area contributed by atoms with Crippen LogP contribution < -0.4 is 10.9 Å². The van der Waals surface area contributed by atoms with E-state index in [2.05, 4.69) is 5.32 Å². The van der Waals surface area contributed by atoms with E-state index in [0.717, 1.165) is 40.0 Å². The molecule has 1 aliphatic carbocycles. The van der Waals surface area contributed by atoms with Gasteiger partial charge in [0.05, 0.1) is 22.9 Å². The highest BCUT2D eigenvalue weighted by molar-refractivity contribution is 8.00. The summed E-state index contributed by atoms with van der Waals surface area (Å²) in [6, 6.07) is 13.5. The zero-order valence-electron chi connectivity index (χ0n) is 17.0. The fourth-order valence-corrected chi connectivity index (χ4v) is 6.75. The van der Waals surface area contributed by atoms with Crippen LogP contribution >= 0.6 is 34.4 Å². The van der Waals surface area contributed by atoms with Crippen LogP contribution in [0, 0.1) is 0 Å². The maximum atomic E-state index is 13.6. The zero-order valence-corrected chi connectivity index (χ0v) is 19.4. The van der Waals surface area contributed by atoms with Gasteiger partial charge in [-0.05, 0) is 55.3 Å². The molecule has 4 aromatic rings. The van der Waals surface area contributed by atoms with E-state index in [1.165, 1.54) is 22.2 Å². The average molecular weight is 468 g/mol. The molecule has 0 aliphatic heterocycles. The second-order valence-corrected chi connectivity index (χ2v) is 10.9. The normalized spacial score (nSPS) is 14.0. The molecule has 0 saturated heterocycles. The van der Waals surface area contributed by atoms with E-state index in [4.69, 9.17) is 4.98 Å². The van der Waals surface area contributed by atoms with Crippen LogP contribution in [0.3, 0.4) is 0 Å². The SMILES string of the molecule is CC(Sc1nc2sc3c(c2c(=O)n1-c1ccccc1)CCC3)C(=O)NCc1cccs1. The summed E-state index contributed by atoms with van der Waals surface area (Å²) in [7, 11) is 0. The summed E-state index contributed by atoms with van der Waals surface area (Å²) in [5.41, 5.74) is 1.90. The van der Waals surface area contributed by atoms with E-state index in [-0.39, 0.29) is 16.7 Å². The van der Waals surface area contributed by atoms with E-state index >= 15 is 0 Å². The molecule has 5 rings (SSSR count). The number of hydrogen-bond acceptors (Lipinski definition) is 6. The van der Waals surface area contributed by atoms with Gasteiger partial charge in [0, 0.05) is 9.75 Å². The molecule has 31 heavy (non-hydrogen) atoms. The first-order chi connectivity index (χ1) is 15.1. The van der Waals surface area contributed by atoms with Crippen molar-refractivity contribution in [2.75, 3.05) is 0 Å². The van der Waals surface area contributed by atoms with Crippen LogP contribution in [-0.2, 0) is 24.2 Å². The van der Waals surface area contributed by atoms with Gasteiger partial charge in [0.2, 0.25) is 5.91 Å². The number of para-hydroxylation sites is 1. The van der Waals surface area contributed by atoms with Crippen LogP contribution in [0.5, 0.6) is 0 Å². The predicted octanol–water partition coefficient (Wildman–Crippen LogP) is 4.79. The fourth-order valence-electron chi connectivity index (χ4n) is 3.85. The number of carbonyl (C=O) groups is 1. The molecule has 3 aromatic heterocycles. The molecule has 158 valence electrons. The quantitative estimate of drug-likeness (QED) is 0.327. The van der Waals surface area contributed by atoms with Crippen molar-refractivity contribution in [2.45, 2.75) is 43.1 Å². The first-order valence-electron chi connectivity index (χ1n) is 10.2. The van der Waals surface area contributed by atoms with Crippen molar-refractivity contribution >= 4 is 50.6 Å². The number of nitrogens with zero attached hydrogens (tertiary/aromatic N) is 2. The van der Waals surface area contributed by atoms with Crippen molar-refractivity contribution in [1.29, 1.82) is 0 Å². The van der Waals surface area contributed by atoms with Crippen LogP contribution in [0.2, 0.25) is 0 Å². The van der Waals surface area contributed by atoms with Crippen molar-refractivity contribution in [3.63, 3.8) is 0 Å². The molecule has 1 aromatic carbocycles. The van der Waals surface area contributed by atoms with Crippen molar-refractivity contribution in [2.24, 2.45) is 0 Å². The van der Waals surface area contributed by atoms with E-state index in [1.807, 2.05) is 54.8 Å². The first-order valence-corrected chi connectivity index (χ1v) is 12.8. The molecule has 0 saturated carbocycles. The molecule has 0 spiro atoms. The summed E-state index contributed by atoms with van der Waals surface area (Å²) in [6.07, 6.45) is 3.06. The lowest BCUT2D eigenvalue weighted by Crippen LogP contribution is -2.31. The van der Waals surface area contributed by atoms with E-state index < -0.39 is 0 Å². The monoisotopic (exact) mass is 467 g/mol. The number of nitrogens with one attached hydrogen (secondary N) is 1. The van der Waals surface area contributed by atoms with Crippen LogP contribution in [0.25, 0.3) is 15.9 Å². The molecular weight excluding hydrogens is 446 g/mol. The summed E-state index contributed by atoms with van der Waals surface area (Å²) in [4.78, 5) is 34.4. The first kappa shape index (κ1) is 20.5. The van der Waals surface area contributed by atoms with Gasteiger partial charge in [0.1, 0.15) is 4.83 Å². The lowest BCUT2D eigenvalue weighted by molar-refractivity contribution is -0.120. The Kier molecular flexibility index (Phi) is 5.69. The number of rotatable bonds is 6. The number of thioether (sulfide) groups is 1. The summed E-state index contributed by atoms with van der Waals surface area (Å²) in [5, 5.41) is 5.91. The highest BCUT2D eigenvalue weighted by Gasteiger charge is 2.25. The lowest BCUT2D eigenvalue weighted by Gasteiger charge is -2.16. The standard InChI is InChI=1S/C23H21N3O2S3/c1-14(20(27)24-13-16-9-6-12-29-16)30-23-25-21-19(17-10-5-11-18(17)31-21)22(28)26(23)15-7-3-2-4-8-15/h2-4,6-9,12,14H,5,10-11,13H2,1H3,(H,24,27). The van der Waals surface area contributed by atoms with Gasteiger partial charge >= 0.3 is 0 Å². The minimum Gasteiger partial charge on any atom is -0.350 e. The summed E-state index contributed by atoms with van der Waals surface area (Å²) < 4.78 is 1.67. The second-order valence-electron chi connectivity index (χ2n) is 7.47. The van der Waals surface area contributed by atoms with Gasteiger partial charge in [-0.25, -0.2) is 4.98 Å². The third kappa shape index (κ3) is 3.95. The van der Waals surface area contributed by atoms with Crippen molar-refractivity contribution in [3.8, 4) is 5.69 Å². The van der Waals surface area contributed by atoms with E-state index in [0.29, 0.717) is 11.7 Å². The Morgan fingerprint density at radius 2 is 2.06 bits per heavy atom. The molecule has 0 fully saturated rings. The molecule has 0 bridgehead atoms. The van der Waals surface area contributed by atoms with Crippen LogP contribution in [0.1, 0.15) is 28.7 Å². The zero-order chi connectivity index (χ0) is 21.4. The van der Waals surface area contributed by atoms with Gasteiger partial charge in [-0.3, -0.25) is 14.2 Å². The molecule has 1 amide bonds. The van der Waals surface area contributed by atoms with Crippen molar-refractivity contribution in [3.05, 3.63) is 73.5 Å². The molecule has 5 nitrogen and oxygen atoms in total. The number of amides is 1. The largest absolute Gasteiger partial charge is 0.350 e. The van der Waals surface area contributed by atoms with Crippen LogP contribution in [0.4, 0.5) is 0 Å². The van der Waals surface area contributed by atoms with Crippen LogP contribution in [-0.4, -0.2) is 20.7 Å². The molecule has 1 atom stereocenters. The number of benzene rings is 1. The third-order valence-corrected chi connectivity index (χ3v) is 8.51.